The van der Waals surface area contributed by atoms with Gasteiger partial charge in [0.05, 0.1) is 18.2 Å². The van der Waals surface area contributed by atoms with Crippen molar-refractivity contribution in [1.29, 1.82) is 0 Å². The van der Waals surface area contributed by atoms with Gasteiger partial charge in [0.1, 0.15) is 0 Å². The molecule has 0 spiro atoms. The van der Waals surface area contributed by atoms with E-state index in [2.05, 4.69) is 0 Å². The molecular formula is C13H16N2O2S. The molecule has 1 saturated heterocycles. The quantitative estimate of drug-likeness (QED) is 0.827. The van der Waals surface area contributed by atoms with Gasteiger partial charge < -0.3 is 15.4 Å². The van der Waals surface area contributed by atoms with Gasteiger partial charge in [0, 0.05) is 25.1 Å². The van der Waals surface area contributed by atoms with E-state index in [1.165, 1.54) is 0 Å². The lowest BCUT2D eigenvalue weighted by atomic mass is 10.1. The number of benzene rings is 1. The third-order valence-corrected chi connectivity index (χ3v) is 2.99. The Morgan fingerprint density at radius 1 is 1.39 bits per heavy atom. The van der Waals surface area contributed by atoms with Gasteiger partial charge in [0.15, 0.2) is 0 Å². The molecule has 1 fully saturated rings. The fourth-order valence-corrected chi connectivity index (χ4v) is 2.13. The normalized spacial score (nSPS) is 15.4. The molecule has 1 aliphatic rings. The second-order valence-corrected chi connectivity index (χ2v) is 4.77. The average molecular weight is 264 g/mol. The van der Waals surface area contributed by atoms with E-state index >= 15 is 0 Å². The van der Waals surface area contributed by atoms with Crippen LogP contribution >= 0.6 is 12.2 Å². The monoisotopic (exact) mass is 264 g/mol. The van der Waals surface area contributed by atoms with Crippen LogP contribution in [0.15, 0.2) is 24.3 Å². The van der Waals surface area contributed by atoms with E-state index in [-0.39, 0.29) is 5.91 Å². The summed E-state index contributed by atoms with van der Waals surface area (Å²) in [7, 11) is 0. The van der Waals surface area contributed by atoms with Gasteiger partial charge >= 0.3 is 0 Å². The number of hydrogen-bond acceptors (Lipinski definition) is 3. The Balaban J connectivity index is 2.11. The Kier molecular flexibility index (Phi) is 4.28. The van der Waals surface area contributed by atoms with Gasteiger partial charge in [-0.3, -0.25) is 4.79 Å². The van der Waals surface area contributed by atoms with Crippen LogP contribution < -0.4 is 5.73 Å². The van der Waals surface area contributed by atoms with E-state index in [1.807, 2.05) is 29.2 Å². The van der Waals surface area contributed by atoms with Gasteiger partial charge in [-0.15, -0.1) is 0 Å². The van der Waals surface area contributed by atoms with Crippen molar-refractivity contribution in [2.24, 2.45) is 5.73 Å². The molecule has 2 rings (SSSR count). The predicted molar refractivity (Wildman–Crippen MR) is 73.7 cm³/mol. The summed E-state index contributed by atoms with van der Waals surface area (Å²) in [5.74, 6) is 0.0445. The first-order valence-electron chi connectivity index (χ1n) is 5.91. The number of nitrogens with zero attached hydrogens (tertiary/aromatic N) is 1. The Labute approximate surface area is 112 Å². The summed E-state index contributed by atoms with van der Waals surface area (Å²) in [5, 5.41) is 0. The molecule has 4 nitrogen and oxygen atoms in total. The molecule has 0 aliphatic carbocycles. The van der Waals surface area contributed by atoms with Gasteiger partial charge in [-0.1, -0.05) is 24.4 Å². The Bertz CT molecular complexity index is 456. The molecule has 1 heterocycles. The molecule has 1 aromatic rings. The van der Waals surface area contributed by atoms with Crippen LogP contribution in [0.1, 0.15) is 15.9 Å². The van der Waals surface area contributed by atoms with Gasteiger partial charge in [-0.25, -0.2) is 0 Å². The first-order chi connectivity index (χ1) is 8.66. The highest BCUT2D eigenvalue weighted by Crippen LogP contribution is 2.10. The average Bonchev–Trinajstić information content (AvgIpc) is 2.38. The van der Waals surface area contributed by atoms with Crippen molar-refractivity contribution >= 4 is 23.1 Å². The van der Waals surface area contributed by atoms with Crippen LogP contribution in [-0.2, 0) is 11.2 Å². The molecule has 1 amide bonds. The first kappa shape index (κ1) is 13.0. The van der Waals surface area contributed by atoms with Crippen molar-refractivity contribution in [2.45, 2.75) is 6.42 Å². The Hall–Kier alpha value is -1.46. The molecule has 1 aromatic carbocycles. The molecule has 0 atom stereocenters. The number of carbonyl (C=O) groups is 1. The second-order valence-electron chi connectivity index (χ2n) is 4.25. The highest BCUT2D eigenvalue weighted by atomic mass is 32.1. The fourth-order valence-electron chi connectivity index (χ4n) is 1.96. The molecule has 5 heteroatoms. The van der Waals surface area contributed by atoms with Gasteiger partial charge in [-0.05, 0) is 17.7 Å². The maximum absolute atomic E-state index is 12.2. The molecule has 2 N–H and O–H groups in total. The zero-order valence-corrected chi connectivity index (χ0v) is 10.9. The van der Waals surface area contributed by atoms with Crippen LogP contribution in [0.5, 0.6) is 0 Å². The van der Waals surface area contributed by atoms with Crippen molar-refractivity contribution in [3.63, 3.8) is 0 Å². The van der Waals surface area contributed by atoms with Gasteiger partial charge in [0.25, 0.3) is 5.91 Å². The first-order valence-corrected chi connectivity index (χ1v) is 6.32. The molecule has 0 bridgehead atoms. The van der Waals surface area contributed by atoms with Crippen molar-refractivity contribution in [3.05, 3.63) is 35.4 Å². The molecule has 0 saturated carbocycles. The predicted octanol–water partition coefficient (Wildman–Crippen LogP) is 0.988. The summed E-state index contributed by atoms with van der Waals surface area (Å²) in [6.45, 7) is 2.52. The molecule has 1 aliphatic heterocycles. The van der Waals surface area contributed by atoms with E-state index in [4.69, 9.17) is 22.7 Å². The number of rotatable bonds is 3. The second kappa shape index (κ2) is 5.93. The smallest absolute Gasteiger partial charge is 0.254 e. The van der Waals surface area contributed by atoms with Gasteiger partial charge in [0.2, 0.25) is 0 Å². The van der Waals surface area contributed by atoms with E-state index in [0.29, 0.717) is 43.3 Å². The van der Waals surface area contributed by atoms with Crippen LogP contribution in [0.25, 0.3) is 0 Å². The Morgan fingerprint density at radius 3 is 2.78 bits per heavy atom. The van der Waals surface area contributed by atoms with E-state index in [9.17, 15) is 4.79 Å². The number of carbonyl (C=O) groups excluding carboxylic acids is 1. The van der Waals surface area contributed by atoms with Crippen LogP contribution in [0.4, 0.5) is 0 Å². The standard InChI is InChI=1S/C13H16N2O2S/c14-12(18)9-10-2-1-3-11(8-10)13(16)15-4-6-17-7-5-15/h1-3,8H,4-7,9H2,(H2,14,18). The minimum absolute atomic E-state index is 0.0445. The maximum atomic E-state index is 12.2. The minimum Gasteiger partial charge on any atom is -0.393 e. The lowest BCUT2D eigenvalue weighted by Crippen LogP contribution is -2.40. The van der Waals surface area contributed by atoms with Crippen molar-refractivity contribution in [3.8, 4) is 0 Å². The molecule has 0 radical (unpaired) electrons. The Morgan fingerprint density at radius 2 is 2.11 bits per heavy atom. The number of thiocarbonyl (C=S) groups is 1. The maximum Gasteiger partial charge on any atom is 0.254 e. The molecule has 96 valence electrons. The molecule has 0 aromatic heterocycles. The third-order valence-electron chi connectivity index (χ3n) is 2.85. The van der Waals surface area contributed by atoms with Crippen LogP contribution in [0.2, 0.25) is 0 Å². The topological polar surface area (TPSA) is 55.6 Å². The number of nitrogens with two attached hydrogens (primary N) is 1. The minimum atomic E-state index is 0.0445. The summed E-state index contributed by atoms with van der Waals surface area (Å²) in [6.07, 6.45) is 0.527. The van der Waals surface area contributed by atoms with E-state index in [1.54, 1.807) is 0 Å². The van der Waals surface area contributed by atoms with Crippen molar-refractivity contribution in [1.82, 2.24) is 4.90 Å². The van der Waals surface area contributed by atoms with E-state index in [0.717, 1.165) is 5.56 Å². The van der Waals surface area contributed by atoms with Crippen molar-refractivity contribution in [2.75, 3.05) is 26.3 Å². The van der Waals surface area contributed by atoms with Crippen LogP contribution in [0, 0.1) is 0 Å². The molecule has 0 unspecified atom stereocenters. The fraction of sp³-hybridized carbons (Fsp3) is 0.385. The number of morpholine rings is 1. The highest BCUT2D eigenvalue weighted by Gasteiger charge is 2.18. The van der Waals surface area contributed by atoms with E-state index < -0.39 is 0 Å². The summed E-state index contributed by atoms with van der Waals surface area (Å²) in [5.41, 5.74) is 7.17. The third kappa shape index (κ3) is 3.27. The van der Waals surface area contributed by atoms with Crippen molar-refractivity contribution < 1.29 is 9.53 Å². The summed E-state index contributed by atoms with van der Waals surface area (Å²) >= 11 is 4.88. The lowest BCUT2D eigenvalue weighted by Gasteiger charge is -2.27. The van der Waals surface area contributed by atoms with Crippen LogP contribution in [0.3, 0.4) is 0 Å². The van der Waals surface area contributed by atoms with Crippen LogP contribution in [-0.4, -0.2) is 42.1 Å². The van der Waals surface area contributed by atoms with Gasteiger partial charge in [-0.2, -0.15) is 0 Å². The molecular weight excluding hydrogens is 248 g/mol. The zero-order valence-electron chi connectivity index (χ0n) is 10.1. The molecule has 18 heavy (non-hydrogen) atoms. The zero-order chi connectivity index (χ0) is 13.0. The summed E-state index contributed by atoms with van der Waals surface area (Å²) < 4.78 is 5.23. The lowest BCUT2D eigenvalue weighted by molar-refractivity contribution is 0.0303. The number of hydrogen-bond donors (Lipinski definition) is 1. The largest absolute Gasteiger partial charge is 0.393 e. The summed E-state index contributed by atoms with van der Waals surface area (Å²) in [6, 6.07) is 7.47. The summed E-state index contributed by atoms with van der Waals surface area (Å²) in [4.78, 5) is 14.5. The SMILES string of the molecule is NC(=S)Cc1cccc(C(=O)N2CCOCC2)c1. The number of amides is 1. The highest BCUT2D eigenvalue weighted by molar-refractivity contribution is 7.80. The number of ether oxygens (including phenoxy) is 1.